The van der Waals surface area contributed by atoms with Gasteiger partial charge in [-0.3, -0.25) is 0 Å². The third-order valence-electron chi connectivity index (χ3n) is 2.78. The van der Waals surface area contributed by atoms with Gasteiger partial charge < -0.3 is 19.7 Å². The highest BCUT2D eigenvalue weighted by atomic mass is 16.5. The van der Waals surface area contributed by atoms with Crippen molar-refractivity contribution < 1.29 is 19.7 Å². The lowest BCUT2D eigenvalue weighted by Crippen LogP contribution is -2.08. The monoisotopic (exact) mass is 276 g/mol. The highest BCUT2D eigenvalue weighted by Gasteiger charge is 2.22. The summed E-state index contributed by atoms with van der Waals surface area (Å²) in [5.74, 6) is -0.00508. The van der Waals surface area contributed by atoms with Gasteiger partial charge in [0.05, 0.1) is 12.2 Å². The van der Waals surface area contributed by atoms with Crippen LogP contribution in [0.5, 0.6) is 23.0 Å². The highest BCUT2D eigenvalue weighted by Crippen LogP contribution is 2.50. The zero-order valence-electron chi connectivity index (χ0n) is 12.2. The normalized spacial score (nSPS) is 11.3. The number of hydrogen-bond donors (Lipinski definition) is 2. The molecule has 4 nitrogen and oxygen atoms in total. The van der Waals surface area contributed by atoms with Crippen LogP contribution in [0, 0.1) is 0 Å². The molecule has 0 atom stereocenters. The summed E-state index contributed by atoms with van der Waals surface area (Å²) in [4.78, 5) is 0. The molecule has 0 aliphatic heterocycles. The fourth-order valence-electron chi connectivity index (χ4n) is 2.06. The van der Waals surface area contributed by atoms with Crippen molar-refractivity contribution in [2.75, 3.05) is 0 Å². The van der Waals surface area contributed by atoms with E-state index in [0.29, 0.717) is 10.8 Å². The summed E-state index contributed by atoms with van der Waals surface area (Å²) in [6.07, 6.45) is -0.221. The predicted molar refractivity (Wildman–Crippen MR) is 78.8 cm³/mol. The van der Waals surface area contributed by atoms with Crippen molar-refractivity contribution in [2.24, 2.45) is 0 Å². The van der Waals surface area contributed by atoms with E-state index in [0.717, 1.165) is 0 Å². The van der Waals surface area contributed by atoms with E-state index in [9.17, 15) is 10.2 Å². The third-order valence-corrected chi connectivity index (χ3v) is 2.78. The first-order valence-corrected chi connectivity index (χ1v) is 6.71. The molecule has 0 amide bonds. The number of hydrogen-bond acceptors (Lipinski definition) is 4. The molecule has 20 heavy (non-hydrogen) atoms. The summed E-state index contributed by atoms with van der Waals surface area (Å²) in [5, 5.41) is 21.8. The van der Waals surface area contributed by atoms with Crippen molar-refractivity contribution in [2.45, 2.75) is 39.9 Å². The van der Waals surface area contributed by atoms with Crippen LogP contribution in [-0.2, 0) is 0 Å². The molecule has 0 saturated heterocycles. The minimum atomic E-state index is -0.284. The van der Waals surface area contributed by atoms with Crippen LogP contribution in [-0.4, -0.2) is 22.4 Å². The molecular weight excluding hydrogens is 256 g/mol. The van der Waals surface area contributed by atoms with Crippen LogP contribution in [0.15, 0.2) is 24.3 Å². The second-order valence-corrected chi connectivity index (χ2v) is 5.23. The second kappa shape index (κ2) is 5.49. The molecular formula is C16H20O4. The first-order valence-electron chi connectivity index (χ1n) is 6.71. The first-order chi connectivity index (χ1) is 9.41. The van der Waals surface area contributed by atoms with Crippen LogP contribution < -0.4 is 9.47 Å². The van der Waals surface area contributed by atoms with Crippen molar-refractivity contribution in [3.8, 4) is 23.0 Å². The molecule has 4 heteroatoms. The summed E-state index contributed by atoms with van der Waals surface area (Å²) >= 11 is 0. The molecule has 2 aromatic carbocycles. The Morgan fingerprint density at radius 3 is 1.40 bits per heavy atom. The number of rotatable bonds is 4. The van der Waals surface area contributed by atoms with Gasteiger partial charge in [-0.2, -0.15) is 0 Å². The van der Waals surface area contributed by atoms with Gasteiger partial charge in [0, 0.05) is 10.8 Å². The van der Waals surface area contributed by atoms with Gasteiger partial charge in [-0.1, -0.05) is 24.3 Å². The van der Waals surface area contributed by atoms with E-state index in [1.54, 1.807) is 0 Å². The number of aromatic hydroxyl groups is 2. The van der Waals surface area contributed by atoms with Crippen molar-refractivity contribution in [3.63, 3.8) is 0 Å². The summed E-state index contributed by atoms with van der Waals surface area (Å²) in [7, 11) is 0. The summed E-state index contributed by atoms with van der Waals surface area (Å²) in [6.45, 7) is 7.46. The van der Waals surface area contributed by atoms with E-state index in [1.165, 1.54) is 0 Å². The van der Waals surface area contributed by atoms with Gasteiger partial charge in [-0.25, -0.2) is 0 Å². The Morgan fingerprint density at radius 1 is 0.750 bits per heavy atom. The van der Waals surface area contributed by atoms with Crippen LogP contribution in [0.4, 0.5) is 0 Å². The Kier molecular flexibility index (Phi) is 3.93. The maximum absolute atomic E-state index is 10.2. The van der Waals surface area contributed by atoms with E-state index >= 15 is 0 Å². The Hall–Kier alpha value is -2.10. The summed E-state index contributed by atoms with van der Waals surface area (Å²) in [6, 6.07) is 7.37. The van der Waals surface area contributed by atoms with Crippen LogP contribution in [0.3, 0.4) is 0 Å². The van der Waals surface area contributed by atoms with Crippen molar-refractivity contribution in [1.29, 1.82) is 0 Å². The molecule has 0 fully saturated rings. The smallest absolute Gasteiger partial charge is 0.205 e. The minimum Gasteiger partial charge on any atom is -0.502 e. The van der Waals surface area contributed by atoms with E-state index in [-0.39, 0.29) is 35.2 Å². The molecule has 0 aromatic heterocycles. The SMILES string of the molecule is CC(C)Oc1c(O)c(O)c(OC(C)C)c2ccccc12. The number of benzene rings is 2. The van der Waals surface area contributed by atoms with Gasteiger partial charge in [0.1, 0.15) is 0 Å². The molecule has 0 heterocycles. The Morgan fingerprint density at radius 2 is 1.10 bits per heavy atom. The van der Waals surface area contributed by atoms with Gasteiger partial charge >= 0.3 is 0 Å². The predicted octanol–water partition coefficient (Wildman–Crippen LogP) is 3.83. The van der Waals surface area contributed by atoms with Gasteiger partial charge in [0.2, 0.25) is 11.5 Å². The number of phenols is 2. The molecule has 108 valence electrons. The van der Waals surface area contributed by atoms with Crippen molar-refractivity contribution in [1.82, 2.24) is 0 Å². The molecule has 0 spiro atoms. The third kappa shape index (κ3) is 2.59. The lowest BCUT2D eigenvalue weighted by atomic mass is 10.1. The quantitative estimate of drug-likeness (QED) is 0.833. The Labute approximate surface area is 118 Å². The average Bonchev–Trinajstić information content (AvgIpc) is 2.39. The van der Waals surface area contributed by atoms with Crippen molar-refractivity contribution in [3.05, 3.63) is 24.3 Å². The van der Waals surface area contributed by atoms with Gasteiger partial charge in [-0.05, 0) is 27.7 Å². The summed E-state index contributed by atoms with van der Waals surface area (Å²) in [5.41, 5.74) is 0. The molecule has 0 saturated carbocycles. The maximum atomic E-state index is 10.2. The molecule has 2 rings (SSSR count). The van der Waals surface area contributed by atoms with E-state index < -0.39 is 0 Å². The fourth-order valence-corrected chi connectivity index (χ4v) is 2.06. The summed E-state index contributed by atoms with van der Waals surface area (Å²) < 4.78 is 11.3. The standard InChI is InChI=1S/C16H20O4/c1-9(2)19-15-11-7-5-6-8-12(11)16(20-10(3)4)14(18)13(15)17/h5-10,17-18H,1-4H3. The van der Waals surface area contributed by atoms with E-state index in [4.69, 9.17) is 9.47 Å². The van der Waals surface area contributed by atoms with Gasteiger partial charge in [0.15, 0.2) is 11.5 Å². The molecule has 0 unspecified atom stereocenters. The Balaban J connectivity index is 2.74. The first kappa shape index (κ1) is 14.3. The average molecular weight is 276 g/mol. The lowest BCUT2D eigenvalue weighted by Gasteiger charge is -2.19. The zero-order chi connectivity index (χ0) is 14.9. The number of phenolic OH excluding ortho intramolecular Hbond substituents is 2. The zero-order valence-corrected chi connectivity index (χ0v) is 12.2. The molecule has 0 bridgehead atoms. The lowest BCUT2D eigenvalue weighted by molar-refractivity contribution is 0.220. The molecule has 0 aliphatic rings. The van der Waals surface area contributed by atoms with E-state index in [1.807, 2.05) is 52.0 Å². The molecule has 2 aromatic rings. The minimum absolute atomic E-state index is 0.111. The Bertz CT molecular complexity index is 563. The second-order valence-electron chi connectivity index (χ2n) is 5.23. The van der Waals surface area contributed by atoms with Crippen LogP contribution in [0.1, 0.15) is 27.7 Å². The van der Waals surface area contributed by atoms with E-state index in [2.05, 4.69) is 0 Å². The molecule has 2 N–H and O–H groups in total. The number of fused-ring (bicyclic) bond motifs is 1. The topological polar surface area (TPSA) is 58.9 Å². The highest BCUT2D eigenvalue weighted by molar-refractivity contribution is 5.98. The largest absolute Gasteiger partial charge is 0.502 e. The maximum Gasteiger partial charge on any atom is 0.205 e. The van der Waals surface area contributed by atoms with Gasteiger partial charge in [-0.15, -0.1) is 0 Å². The van der Waals surface area contributed by atoms with Crippen LogP contribution in [0.2, 0.25) is 0 Å². The van der Waals surface area contributed by atoms with Gasteiger partial charge in [0.25, 0.3) is 0 Å². The number of ether oxygens (including phenoxy) is 2. The van der Waals surface area contributed by atoms with Crippen molar-refractivity contribution >= 4 is 10.8 Å². The fraction of sp³-hybridized carbons (Fsp3) is 0.375. The molecule has 0 aliphatic carbocycles. The van der Waals surface area contributed by atoms with Crippen LogP contribution >= 0.6 is 0 Å². The van der Waals surface area contributed by atoms with Crippen LogP contribution in [0.25, 0.3) is 10.8 Å². The molecule has 0 radical (unpaired) electrons.